The second-order valence-electron chi connectivity index (χ2n) is 7.96. The summed E-state index contributed by atoms with van der Waals surface area (Å²) in [6.07, 6.45) is 4.67. The summed E-state index contributed by atoms with van der Waals surface area (Å²) in [5, 5.41) is 3.05. The Kier molecular flexibility index (Phi) is 5.70. The van der Waals surface area contributed by atoms with Gasteiger partial charge in [0, 0.05) is 61.9 Å². The molecule has 1 saturated heterocycles. The van der Waals surface area contributed by atoms with Crippen molar-refractivity contribution in [1.29, 1.82) is 0 Å². The van der Waals surface area contributed by atoms with E-state index in [1.54, 1.807) is 17.3 Å². The van der Waals surface area contributed by atoms with Crippen molar-refractivity contribution in [3.8, 4) is 11.6 Å². The Morgan fingerprint density at radius 3 is 2.53 bits per heavy atom. The minimum atomic E-state index is -0.702. The van der Waals surface area contributed by atoms with E-state index >= 15 is 0 Å². The Bertz CT molecular complexity index is 1330. The highest BCUT2D eigenvalue weighted by Gasteiger charge is 2.22. The molecule has 0 bridgehead atoms. The SMILES string of the molecule is Cc1nccnc1Oc1ccc(N2CCN(C(=O)Nc3c[nH]c4c(F)cc(F)cc34)CC2)cc1. The molecule has 8 nitrogen and oxygen atoms in total. The van der Waals surface area contributed by atoms with Crippen LogP contribution in [0.3, 0.4) is 0 Å². The van der Waals surface area contributed by atoms with Gasteiger partial charge in [0.2, 0.25) is 5.88 Å². The van der Waals surface area contributed by atoms with Gasteiger partial charge in [-0.1, -0.05) is 0 Å². The highest BCUT2D eigenvalue weighted by atomic mass is 19.1. The van der Waals surface area contributed by atoms with Gasteiger partial charge in [-0.15, -0.1) is 0 Å². The molecule has 1 aliphatic rings. The first-order chi connectivity index (χ1) is 16.5. The number of aromatic amines is 1. The van der Waals surface area contributed by atoms with Crippen LogP contribution in [0.4, 0.5) is 25.0 Å². The van der Waals surface area contributed by atoms with Gasteiger partial charge in [0.1, 0.15) is 17.4 Å². The van der Waals surface area contributed by atoms with E-state index in [-0.39, 0.29) is 11.5 Å². The summed E-state index contributed by atoms with van der Waals surface area (Å²) < 4.78 is 33.3. The average molecular weight is 464 g/mol. The van der Waals surface area contributed by atoms with Crippen LogP contribution in [0.25, 0.3) is 10.9 Å². The fourth-order valence-electron chi connectivity index (χ4n) is 3.95. The third kappa shape index (κ3) is 4.34. The van der Waals surface area contributed by atoms with Crippen molar-refractivity contribution in [3.63, 3.8) is 0 Å². The number of carbonyl (C=O) groups is 1. The molecule has 4 aromatic rings. The van der Waals surface area contributed by atoms with Crippen molar-refractivity contribution >= 4 is 28.3 Å². The van der Waals surface area contributed by atoms with E-state index < -0.39 is 11.6 Å². The smallest absolute Gasteiger partial charge is 0.322 e. The van der Waals surface area contributed by atoms with E-state index in [9.17, 15) is 13.6 Å². The normalized spacial score (nSPS) is 13.9. The fraction of sp³-hybridized carbons (Fsp3) is 0.208. The third-order valence-electron chi connectivity index (χ3n) is 5.77. The molecule has 2 aromatic heterocycles. The molecule has 5 rings (SSSR count). The number of anilines is 2. The number of aromatic nitrogens is 3. The van der Waals surface area contributed by atoms with E-state index in [1.165, 1.54) is 12.3 Å². The Labute approximate surface area is 194 Å². The number of carbonyl (C=O) groups excluding carboxylic acids is 1. The van der Waals surface area contributed by atoms with Gasteiger partial charge in [-0.2, -0.15) is 0 Å². The molecular weight excluding hydrogens is 442 g/mol. The molecule has 0 aliphatic carbocycles. The van der Waals surface area contributed by atoms with Gasteiger partial charge in [0.25, 0.3) is 0 Å². The van der Waals surface area contributed by atoms with Crippen LogP contribution >= 0.6 is 0 Å². The van der Waals surface area contributed by atoms with Gasteiger partial charge < -0.3 is 24.8 Å². The molecule has 1 aliphatic heterocycles. The lowest BCUT2D eigenvalue weighted by molar-refractivity contribution is 0.208. The number of H-pyrrole nitrogens is 1. The number of aryl methyl sites for hydroxylation is 1. The Balaban J connectivity index is 1.19. The van der Waals surface area contributed by atoms with Gasteiger partial charge >= 0.3 is 6.03 Å². The zero-order valence-corrected chi connectivity index (χ0v) is 18.4. The standard InChI is InChI=1S/C24H22F2N6O2/c1-15-23(28-7-6-27-15)34-18-4-2-17(3-5-18)31-8-10-32(11-9-31)24(33)30-21-14-29-22-19(21)12-16(25)13-20(22)26/h2-7,12-14,29H,8-11H2,1H3,(H,30,33). The summed E-state index contributed by atoms with van der Waals surface area (Å²) >= 11 is 0. The molecule has 0 radical (unpaired) electrons. The second kappa shape index (κ2) is 8.97. The molecule has 0 saturated carbocycles. The lowest BCUT2D eigenvalue weighted by Crippen LogP contribution is -2.50. The van der Waals surface area contributed by atoms with Crippen LogP contribution < -0.4 is 15.0 Å². The monoisotopic (exact) mass is 464 g/mol. The largest absolute Gasteiger partial charge is 0.437 e. The number of benzene rings is 2. The van der Waals surface area contributed by atoms with Gasteiger partial charge in [-0.05, 0) is 37.3 Å². The molecule has 0 unspecified atom stereocenters. The number of fused-ring (bicyclic) bond motifs is 1. The van der Waals surface area contributed by atoms with Crippen LogP contribution in [0.1, 0.15) is 5.69 Å². The lowest BCUT2D eigenvalue weighted by Gasteiger charge is -2.36. The average Bonchev–Trinajstić information content (AvgIpc) is 3.24. The second-order valence-corrected chi connectivity index (χ2v) is 7.96. The molecule has 34 heavy (non-hydrogen) atoms. The zero-order chi connectivity index (χ0) is 23.7. The number of hydrogen-bond acceptors (Lipinski definition) is 5. The van der Waals surface area contributed by atoms with E-state index in [4.69, 9.17) is 4.74 Å². The highest BCUT2D eigenvalue weighted by molar-refractivity contribution is 6.01. The molecule has 2 N–H and O–H groups in total. The maximum absolute atomic E-state index is 13.9. The summed E-state index contributed by atoms with van der Waals surface area (Å²) in [5.74, 6) is -0.267. The highest BCUT2D eigenvalue weighted by Crippen LogP contribution is 2.28. The topological polar surface area (TPSA) is 86.4 Å². The Morgan fingerprint density at radius 1 is 1.06 bits per heavy atom. The minimum Gasteiger partial charge on any atom is -0.437 e. The van der Waals surface area contributed by atoms with Crippen molar-refractivity contribution in [2.45, 2.75) is 6.92 Å². The number of halogens is 2. The van der Waals surface area contributed by atoms with Crippen molar-refractivity contribution in [1.82, 2.24) is 19.9 Å². The number of nitrogens with one attached hydrogen (secondary N) is 2. The van der Waals surface area contributed by atoms with Crippen molar-refractivity contribution in [2.75, 3.05) is 36.4 Å². The van der Waals surface area contributed by atoms with Gasteiger partial charge in [-0.3, -0.25) is 4.98 Å². The van der Waals surface area contributed by atoms with Crippen LogP contribution in [-0.4, -0.2) is 52.1 Å². The molecule has 0 spiro atoms. The van der Waals surface area contributed by atoms with Gasteiger partial charge in [0.05, 0.1) is 16.9 Å². The first-order valence-electron chi connectivity index (χ1n) is 10.8. The summed E-state index contributed by atoms with van der Waals surface area (Å²) in [4.78, 5) is 27.7. The maximum Gasteiger partial charge on any atom is 0.322 e. The zero-order valence-electron chi connectivity index (χ0n) is 18.4. The summed E-state index contributed by atoms with van der Waals surface area (Å²) in [6.45, 7) is 4.14. The first-order valence-corrected chi connectivity index (χ1v) is 10.8. The molecule has 2 amide bonds. The Morgan fingerprint density at radius 2 is 1.79 bits per heavy atom. The molecule has 174 valence electrons. The predicted octanol–water partition coefficient (Wildman–Crippen LogP) is 4.69. The molecule has 1 fully saturated rings. The van der Waals surface area contributed by atoms with Crippen molar-refractivity contribution < 1.29 is 18.3 Å². The van der Waals surface area contributed by atoms with Crippen LogP contribution in [0, 0.1) is 18.6 Å². The number of ether oxygens (including phenoxy) is 1. The molecule has 2 aromatic carbocycles. The summed E-state index contributed by atoms with van der Waals surface area (Å²) in [7, 11) is 0. The molecule has 10 heteroatoms. The minimum absolute atomic E-state index is 0.156. The Hall–Kier alpha value is -4.21. The van der Waals surface area contributed by atoms with E-state index in [2.05, 4.69) is 25.2 Å². The van der Waals surface area contributed by atoms with Gasteiger partial charge in [-0.25, -0.2) is 18.6 Å². The van der Waals surface area contributed by atoms with E-state index in [1.807, 2.05) is 31.2 Å². The van der Waals surface area contributed by atoms with E-state index in [0.29, 0.717) is 54.6 Å². The van der Waals surface area contributed by atoms with Crippen molar-refractivity contribution in [3.05, 3.63) is 72.3 Å². The summed E-state index contributed by atoms with van der Waals surface area (Å²) in [6, 6.07) is 9.36. The number of rotatable bonds is 4. The fourth-order valence-corrected chi connectivity index (χ4v) is 3.95. The lowest BCUT2D eigenvalue weighted by atomic mass is 10.2. The molecular formula is C24H22F2N6O2. The third-order valence-corrected chi connectivity index (χ3v) is 5.77. The molecule has 0 atom stereocenters. The number of hydrogen-bond donors (Lipinski definition) is 2. The predicted molar refractivity (Wildman–Crippen MR) is 124 cm³/mol. The van der Waals surface area contributed by atoms with Gasteiger partial charge in [0.15, 0.2) is 0 Å². The first kappa shape index (κ1) is 21.6. The van der Waals surface area contributed by atoms with E-state index in [0.717, 1.165) is 11.8 Å². The molecule has 3 heterocycles. The van der Waals surface area contributed by atoms with Crippen molar-refractivity contribution in [2.24, 2.45) is 0 Å². The maximum atomic E-state index is 13.9. The summed E-state index contributed by atoms with van der Waals surface area (Å²) in [5.41, 5.74) is 2.23. The van der Waals surface area contributed by atoms with Crippen LogP contribution in [0.5, 0.6) is 11.6 Å². The van der Waals surface area contributed by atoms with Crippen LogP contribution in [0.2, 0.25) is 0 Å². The number of nitrogens with zero attached hydrogens (tertiary/aromatic N) is 4. The number of amides is 2. The van der Waals surface area contributed by atoms with Crippen LogP contribution in [0.15, 0.2) is 55.0 Å². The van der Waals surface area contributed by atoms with Crippen LogP contribution in [-0.2, 0) is 0 Å². The number of piperazine rings is 1. The quantitative estimate of drug-likeness (QED) is 0.458. The number of urea groups is 1.